The van der Waals surface area contributed by atoms with Crippen molar-refractivity contribution in [3.63, 3.8) is 0 Å². The highest BCUT2D eigenvalue weighted by atomic mass is 15.1. The molecule has 1 aromatic heterocycles. The van der Waals surface area contributed by atoms with E-state index in [4.69, 9.17) is 0 Å². The summed E-state index contributed by atoms with van der Waals surface area (Å²) in [6.45, 7) is 8.58. The molecule has 0 amide bonds. The Morgan fingerprint density at radius 2 is 2.00 bits per heavy atom. The lowest BCUT2D eigenvalue weighted by molar-refractivity contribution is 0.425. The normalized spacial score (nSPS) is 11.9. The van der Waals surface area contributed by atoms with Gasteiger partial charge < -0.3 is 10.2 Å². The molecule has 0 radical (unpaired) electrons. The number of likely N-dealkylation sites (N-methyl/N-ethyl adjacent to an activating group) is 1. The van der Waals surface area contributed by atoms with Gasteiger partial charge in [0.05, 0.1) is 0 Å². The van der Waals surface area contributed by atoms with Gasteiger partial charge in [0.25, 0.3) is 0 Å². The van der Waals surface area contributed by atoms with Gasteiger partial charge in [0, 0.05) is 19.3 Å². The minimum atomic E-state index is 0.181. The number of aromatic nitrogens is 1. The fraction of sp³-hybridized carbons (Fsp3) is 0.615. The summed E-state index contributed by atoms with van der Waals surface area (Å²) < 4.78 is 0. The first kappa shape index (κ1) is 13.0. The molecule has 1 N–H and O–H groups in total. The van der Waals surface area contributed by atoms with Gasteiger partial charge in [-0.15, -0.1) is 0 Å². The molecule has 0 aliphatic rings. The third-order valence-corrected chi connectivity index (χ3v) is 2.49. The van der Waals surface area contributed by atoms with Crippen molar-refractivity contribution in [2.75, 3.05) is 32.5 Å². The number of rotatable bonds is 4. The van der Waals surface area contributed by atoms with Crippen LogP contribution >= 0.6 is 0 Å². The van der Waals surface area contributed by atoms with Crippen LogP contribution in [-0.2, 0) is 5.41 Å². The zero-order chi connectivity index (χ0) is 12.2. The maximum Gasteiger partial charge on any atom is 0.126 e. The number of pyridine rings is 1. The Kier molecular flexibility index (Phi) is 4.30. The van der Waals surface area contributed by atoms with Crippen LogP contribution in [0.25, 0.3) is 0 Å². The lowest BCUT2D eigenvalue weighted by Crippen LogP contribution is -2.21. The summed E-state index contributed by atoms with van der Waals surface area (Å²) >= 11 is 0. The summed E-state index contributed by atoms with van der Waals surface area (Å²) in [7, 11) is 4.14. The summed E-state index contributed by atoms with van der Waals surface area (Å²) in [5.74, 6) is 0.967. The average Bonchev–Trinajstić information content (AvgIpc) is 2.16. The molecule has 0 aromatic carbocycles. The average molecular weight is 221 g/mol. The zero-order valence-electron chi connectivity index (χ0n) is 11.0. The Bertz CT molecular complexity index is 326. The van der Waals surface area contributed by atoms with Crippen LogP contribution in [0.3, 0.4) is 0 Å². The van der Waals surface area contributed by atoms with Crippen LogP contribution in [0, 0.1) is 0 Å². The SMILES string of the molecule is CN(C)CCNc1cc(C(C)(C)C)ccn1. The van der Waals surface area contributed by atoms with Crippen molar-refractivity contribution in [1.82, 2.24) is 9.88 Å². The molecule has 0 saturated carbocycles. The van der Waals surface area contributed by atoms with Crippen molar-refractivity contribution in [3.8, 4) is 0 Å². The minimum Gasteiger partial charge on any atom is -0.369 e. The van der Waals surface area contributed by atoms with Gasteiger partial charge in [-0.05, 0) is 37.2 Å². The number of nitrogens with one attached hydrogen (secondary N) is 1. The molecular weight excluding hydrogens is 198 g/mol. The van der Waals surface area contributed by atoms with E-state index in [1.807, 2.05) is 6.20 Å². The van der Waals surface area contributed by atoms with E-state index in [1.165, 1.54) is 5.56 Å². The highest BCUT2D eigenvalue weighted by Crippen LogP contribution is 2.23. The molecule has 1 heterocycles. The molecule has 16 heavy (non-hydrogen) atoms. The Balaban J connectivity index is 2.61. The van der Waals surface area contributed by atoms with Crippen LogP contribution < -0.4 is 5.32 Å². The number of nitrogens with zero attached hydrogens (tertiary/aromatic N) is 2. The van der Waals surface area contributed by atoms with E-state index >= 15 is 0 Å². The van der Waals surface area contributed by atoms with Gasteiger partial charge in [-0.25, -0.2) is 4.98 Å². The lowest BCUT2D eigenvalue weighted by Gasteiger charge is -2.19. The first-order valence-electron chi connectivity index (χ1n) is 5.75. The molecule has 0 atom stereocenters. The van der Waals surface area contributed by atoms with E-state index in [-0.39, 0.29) is 5.41 Å². The molecule has 0 aliphatic heterocycles. The largest absolute Gasteiger partial charge is 0.369 e. The molecule has 1 aromatic rings. The predicted octanol–water partition coefficient (Wildman–Crippen LogP) is 2.35. The van der Waals surface area contributed by atoms with Gasteiger partial charge in [0.15, 0.2) is 0 Å². The monoisotopic (exact) mass is 221 g/mol. The molecule has 0 bridgehead atoms. The van der Waals surface area contributed by atoms with Crippen molar-refractivity contribution < 1.29 is 0 Å². The standard InChI is InChI=1S/C13H23N3/c1-13(2,3)11-6-7-14-12(10-11)15-8-9-16(4)5/h6-7,10H,8-9H2,1-5H3,(H,14,15). The van der Waals surface area contributed by atoms with Gasteiger partial charge in [0.1, 0.15) is 5.82 Å². The van der Waals surface area contributed by atoms with Crippen LogP contribution in [0.5, 0.6) is 0 Å². The van der Waals surface area contributed by atoms with E-state index in [2.05, 4.69) is 62.2 Å². The van der Waals surface area contributed by atoms with Gasteiger partial charge in [-0.3, -0.25) is 0 Å². The topological polar surface area (TPSA) is 28.2 Å². The molecule has 3 nitrogen and oxygen atoms in total. The molecule has 0 aliphatic carbocycles. The Morgan fingerprint density at radius 1 is 1.31 bits per heavy atom. The Hall–Kier alpha value is -1.09. The number of hydrogen-bond donors (Lipinski definition) is 1. The molecule has 1 rings (SSSR count). The van der Waals surface area contributed by atoms with E-state index < -0.39 is 0 Å². The molecule has 0 unspecified atom stereocenters. The summed E-state index contributed by atoms with van der Waals surface area (Å²) in [4.78, 5) is 6.47. The number of anilines is 1. The maximum absolute atomic E-state index is 4.32. The Labute approximate surface area is 98.9 Å². The van der Waals surface area contributed by atoms with Gasteiger partial charge in [-0.1, -0.05) is 20.8 Å². The van der Waals surface area contributed by atoms with Gasteiger partial charge in [-0.2, -0.15) is 0 Å². The first-order chi connectivity index (χ1) is 7.39. The molecule has 3 heteroatoms. The highest BCUT2D eigenvalue weighted by molar-refractivity contribution is 5.39. The van der Waals surface area contributed by atoms with Crippen LogP contribution in [0.2, 0.25) is 0 Å². The third kappa shape index (κ3) is 4.19. The summed E-state index contributed by atoms with van der Waals surface area (Å²) in [6, 6.07) is 4.22. The van der Waals surface area contributed by atoms with Crippen molar-refractivity contribution in [3.05, 3.63) is 23.9 Å². The molecule has 90 valence electrons. The lowest BCUT2D eigenvalue weighted by atomic mass is 9.88. The summed E-state index contributed by atoms with van der Waals surface area (Å²) in [5.41, 5.74) is 1.50. The van der Waals surface area contributed by atoms with Gasteiger partial charge >= 0.3 is 0 Å². The molecular formula is C13H23N3. The van der Waals surface area contributed by atoms with Crippen molar-refractivity contribution in [2.45, 2.75) is 26.2 Å². The quantitative estimate of drug-likeness (QED) is 0.846. The van der Waals surface area contributed by atoms with Crippen LogP contribution in [0.1, 0.15) is 26.3 Å². The fourth-order valence-corrected chi connectivity index (χ4v) is 1.40. The molecule has 0 spiro atoms. The fourth-order valence-electron chi connectivity index (χ4n) is 1.40. The smallest absolute Gasteiger partial charge is 0.126 e. The summed E-state index contributed by atoms with van der Waals surface area (Å²) in [5, 5.41) is 3.34. The number of hydrogen-bond acceptors (Lipinski definition) is 3. The van der Waals surface area contributed by atoms with Gasteiger partial charge in [0.2, 0.25) is 0 Å². The summed E-state index contributed by atoms with van der Waals surface area (Å²) in [6.07, 6.45) is 1.87. The molecule has 0 saturated heterocycles. The van der Waals surface area contributed by atoms with Crippen molar-refractivity contribution in [2.24, 2.45) is 0 Å². The minimum absolute atomic E-state index is 0.181. The second-order valence-corrected chi connectivity index (χ2v) is 5.41. The van der Waals surface area contributed by atoms with Crippen LogP contribution in [0.15, 0.2) is 18.3 Å². The van der Waals surface area contributed by atoms with E-state index in [0.717, 1.165) is 18.9 Å². The zero-order valence-corrected chi connectivity index (χ0v) is 11.0. The second kappa shape index (κ2) is 5.30. The van der Waals surface area contributed by atoms with E-state index in [1.54, 1.807) is 0 Å². The van der Waals surface area contributed by atoms with Crippen molar-refractivity contribution >= 4 is 5.82 Å². The Morgan fingerprint density at radius 3 is 2.56 bits per heavy atom. The van der Waals surface area contributed by atoms with Crippen LogP contribution in [0.4, 0.5) is 5.82 Å². The third-order valence-electron chi connectivity index (χ3n) is 2.49. The van der Waals surface area contributed by atoms with E-state index in [9.17, 15) is 0 Å². The van der Waals surface area contributed by atoms with E-state index in [0.29, 0.717) is 0 Å². The second-order valence-electron chi connectivity index (χ2n) is 5.41. The van der Waals surface area contributed by atoms with Crippen LogP contribution in [-0.4, -0.2) is 37.1 Å². The molecule has 0 fully saturated rings. The highest BCUT2D eigenvalue weighted by Gasteiger charge is 2.13. The van der Waals surface area contributed by atoms with Crippen molar-refractivity contribution in [1.29, 1.82) is 0 Å². The first-order valence-corrected chi connectivity index (χ1v) is 5.75. The maximum atomic E-state index is 4.32. The predicted molar refractivity (Wildman–Crippen MR) is 70.0 cm³/mol.